The van der Waals surface area contributed by atoms with Crippen molar-refractivity contribution in [1.29, 1.82) is 0 Å². The van der Waals surface area contributed by atoms with Crippen LogP contribution < -0.4 is 0 Å². The molecule has 0 spiro atoms. The molecule has 2 aromatic carbocycles. The van der Waals surface area contributed by atoms with Crippen LogP contribution in [0.5, 0.6) is 0 Å². The second-order valence-corrected chi connectivity index (χ2v) is 6.37. The number of hydrogen-bond acceptors (Lipinski definition) is 1. The van der Waals surface area contributed by atoms with Gasteiger partial charge in [0, 0.05) is 6.42 Å². The predicted molar refractivity (Wildman–Crippen MR) is 90.9 cm³/mol. The van der Waals surface area contributed by atoms with Crippen LogP contribution in [0.1, 0.15) is 31.4 Å². The first-order chi connectivity index (χ1) is 10.5. The Morgan fingerprint density at radius 3 is 2.27 bits per heavy atom. The number of carboxylic acid groups (broad SMARTS) is 1. The number of carboxylic acids is 1. The number of carbonyl (C=O) groups is 1. The van der Waals surface area contributed by atoms with Gasteiger partial charge in [0.25, 0.3) is 0 Å². The number of hydrogen-bond donors (Lipinski definition) is 1. The van der Waals surface area contributed by atoms with Crippen molar-refractivity contribution >= 4 is 5.97 Å². The van der Waals surface area contributed by atoms with Crippen LogP contribution in [-0.2, 0) is 11.2 Å². The van der Waals surface area contributed by atoms with E-state index in [-0.39, 0.29) is 12.3 Å². The van der Waals surface area contributed by atoms with E-state index in [0.29, 0.717) is 5.92 Å². The van der Waals surface area contributed by atoms with Gasteiger partial charge in [-0.1, -0.05) is 67.9 Å². The van der Waals surface area contributed by atoms with Gasteiger partial charge < -0.3 is 5.11 Å². The summed E-state index contributed by atoms with van der Waals surface area (Å²) in [6.07, 6.45) is 1.05. The summed E-state index contributed by atoms with van der Waals surface area (Å²) in [6, 6.07) is 16.9. The topological polar surface area (TPSA) is 37.3 Å². The summed E-state index contributed by atoms with van der Waals surface area (Å²) in [7, 11) is 0. The molecule has 0 aliphatic rings. The normalized spacial score (nSPS) is 12.4. The van der Waals surface area contributed by atoms with Crippen molar-refractivity contribution < 1.29 is 9.90 Å². The summed E-state index contributed by atoms with van der Waals surface area (Å²) in [5.74, 6) is -0.162. The lowest BCUT2D eigenvalue weighted by molar-refractivity contribution is -0.138. The lowest BCUT2D eigenvalue weighted by Gasteiger charge is -2.19. The number of aryl methyl sites for hydroxylation is 1. The number of rotatable bonds is 6. The van der Waals surface area contributed by atoms with E-state index in [9.17, 15) is 4.79 Å². The van der Waals surface area contributed by atoms with Gasteiger partial charge in [0.05, 0.1) is 0 Å². The molecule has 0 aliphatic carbocycles. The van der Waals surface area contributed by atoms with E-state index in [2.05, 4.69) is 69.3 Å². The Hall–Kier alpha value is -2.09. The van der Waals surface area contributed by atoms with Crippen LogP contribution in [-0.4, -0.2) is 11.1 Å². The number of aliphatic carboxylic acids is 1. The molecule has 0 radical (unpaired) electrons. The van der Waals surface area contributed by atoms with Gasteiger partial charge in [-0.05, 0) is 41.9 Å². The maximum Gasteiger partial charge on any atom is 0.303 e. The number of benzene rings is 2. The quantitative estimate of drug-likeness (QED) is 0.818. The average Bonchev–Trinajstić information content (AvgIpc) is 2.47. The lowest BCUT2D eigenvalue weighted by Crippen LogP contribution is -2.16. The third-order valence-corrected chi connectivity index (χ3v) is 4.18. The summed E-state index contributed by atoms with van der Waals surface area (Å²) in [5.41, 5.74) is 4.88. The van der Waals surface area contributed by atoms with Crippen LogP contribution >= 0.6 is 0 Å². The molecule has 0 aliphatic heterocycles. The maximum absolute atomic E-state index is 11.0. The second kappa shape index (κ2) is 7.26. The van der Waals surface area contributed by atoms with Crippen LogP contribution in [0.2, 0.25) is 0 Å². The van der Waals surface area contributed by atoms with Crippen LogP contribution in [0.25, 0.3) is 11.1 Å². The Kier molecular flexibility index (Phi) is 5.37. The van der Waals surface area contributed by atoms with Gasteiger partial charge in [0.1, 0.15) is 0 Å². The predicted octanol–water partition coefficient (Wildman–Crippen LogP) is 4.95. The first-order valence-electron chi connectivity index (χ1n) is 7.83. The van der Waals surface area contributed by atoms with Crippen molar-refractivity contribution in [2.24, 2.45) is 11.8 Å². The standard InChI is InChI=1S/C20H24O2/c1-14(2)19(13-20(21)22)12-16-7-9-17(10-8-16)18-6-4-5-15(3)11-18/h4-11,14,19H,12-13H2,1-3H3,(H,21,22). The van der Waals surface area contributed by atoms with Gasteiger partial charge >= 0.3 is 5.97 Å². The van der Waals surface area contributed by atoms with Crippen LogP contribution in [0, 0.1) is 18.8 Å². The van der Waals surface area contributed by atoms with E-state index in [1.54, 1.807) is 0 Å². The molecule has 0 aromatic heterocycles. The molecule has 2 aromatic rings. The van der Waals surface area contributed by atoms with Crippen LogP contribution in [0.4, 0.5) is 0 Å². The molecule has 0 saturated heterocycles. The van der Waals surface area contributed by atoms with E-state index in [0.717, 1.165) is 6.42 Å². The van der Waals surface area contributed by atoms with Crippen LogP contribution in [0.3, 0.4) is 0 Å². The largest absolute Gasteiger partial charge is 0.481 e. The Labute approximate surface area is 132 Å². The van der Waals surface area contributed by atoms with Crippen molar-refractivity contribution in [2.75, 3.05) is 0 Å². The average molecular weight is 296 g/mol. The highest BCUT2D eigenvalue weighted by Gasteiger charge is 2.17. The zero-order valence-electron chi connectivity index (χ0n) is 13.5. The summed E-state index contributed by atoms with van der Waals surface area (Å²) in [4.78, 5) is 11.0. The minimum absolute atomic E-state index is 0.183. The summed E-state index contributed by atoms with van der Waals surface area (Å²) in [5, 5.41) is 9.03. The first-order valence-corrected chi connectivity index (χ1v) is 7.83. The van der Waals surface area contributed by atoms with Gasteiger partial charge in [-0.25, -0.2) is 0 Å². The van der Waals surface area contributed by atoms with Crippen molar-refractivity contribution in [1.82, 2.24) is 0 Å². The minimum atomic E-state index is -0.713. The molecular formula is C20H24O2. The van der Waals surface area contributed by atoms with E-state index in [4.69, 9.17) is 5.11 Å². The summed E-state index contributed by atoms with van der Waals surface area (Å²) in [6.45, 7) is 6.28. The molecule has 22 heavy (non-hydrogen) atoms. The zero-order chi connectivity index (χ0) is 16.1. The highest BCUT2D eigenvalue weighted by molar-refractivity contribution is 5.67. The smallest absolute Gasteiger partial charge is 0.303 e. The highest BCUT2D eigenvalue weighted by Crippen LogP contribution is 2.24. The fourth-order valence-corrected chi connectivity index (χ4v) is 2.73. The molecule has 2 rings (SSSR count). The van der Waals surface area contributed by atoms with E-state index < -0.39 is 5.97 Å². The third-order valence-electron chi connectivity index (χ3n) is 4.18. The Morgan fingerprint density at radius 2 is 1.73 bits per heavy atom. The third kappa shape index (κ3) is 4.45. The maximum atomic E-state index is 11.0. The molecule has 2 heteroatoms. The van der Waals surface area contributed by atoms with Gasteiger partial charge in [-0.3, -0.25) is 4.79 Å². The van der Waals surface area contributed by atoms with Gasteiger partial charge in [-0.2, -0.15) is 0 Å². The fraction of sp³-hybridized carbons (Fsp3) is 0.350. The lowest BCUT2D eigenvalue weighted by atomic mass is 9.86. The van der Waals surface area contributed by atoms with E-state index >= 15 is 0 Å². The molecule has 0 saturated carbocycles. The molecule has 116 valence electrons. The highest BCUT2D eigenvalue weighted by atomic mass is 16.4. The molecule has 0 fully saturated rings. The first kappa shape index (κ1) is 16.3. The SMILES string of the molecule is Cc1cccc(-c2ccc(CC(CC(=O)O)C(C)C)cc2)c1. The van der Waals surface area contributed by atoms with Gasteiger partial charge in [0.15, 0.2) is 0 Å². The van der Waals surface area contributed by atoms with Crippen molar-refractivity contribution in [2.45, 2.75) is 33.6 Å². The molecule has 1 unspecified atom stereocenters. The van der Waals surface area contributed by atoms with Gasteiger partial charge in [-0.15, -0.1) is 0 Å². The Balaban J connectivity index is 2.13. The second-order valence-electron chi connectivity index (χ2n) is 6.37. The van der Waals surface area contributed by atoms with Crippen LogP contribution in [0.15, 0.2) is 48.5 Å². The molecule has 0 amide bonds. The molecule has 1 atom stereocenters. The van der Waals surface area contributed by atoms with E-state index in [1.807, 2.05) is 0 Å². The Bertz CT molecular complexity index is 626. The fourth-order valence-electron chi connectivity index (χ4n) is 2.73. The Morgan fingerprint density at radius 1 is 1.05 bits per heavy atom. The summed E-state index contributed by atoms with van der Waals surface area (Å²) < 4.78 is 0. The molecule has 0 heterocycles. The van der Waals surface area contributed by atoms with Crippen molar-refractivity contribution in [3.05, 3.63) is 59.7 Å². The minimum Gasteiger partial charge on any atom is -0.481 e. The molecule has 0 bridgehead atoms. The molecule has 2 nitrogen and oxygen atoms in total. The summed E-state index contributed by atoms with van der Waals surface area (Å²) >= 11 is 0. The molecule has 1 N–H and O–H groups in total. The van der Waals surface area contributed by atoms with Crippen molar-refractivity contribution in [3.8, 4) is 11.1 Å². The van der Waals surface area contributed by atoms with Crippen molar-refractivity contribution in [3.63, 3.8) is 0 Å². The monoisotopic (exact) mass is 296 g/mol. The zero-order valence-corrected chi connectivity index (χ0v) is 13.5. The van der Waals surface area contributed by atoms with E-state index in [1.165, 1.54) is 22.3 Å². The molecular weight excluding hydrogens is 272 g/mol. The van der Waals surface area contributed by atoms with Gasteiger partial charge in [0.2, 0.25) is 0 Å².